The predicted octanol–water partition coefficient (Wildman–Crippen LogP) is 5.74. The summed E-state index contributed by atoms with van der Waals surface area (Å²) in [6, 6.07) is 26.7. The summed E-state index contributed by atoms with van der Waals surface area (Å²) in [4.78, 5) is 27.5. The summed E-state index contributed by atoms with van der Waals surface area (Å²) in [7, 11) is 0. The summed E-state index contributed by atoms with van der Waals surface area (Å²) >= 11 is 0. The number of aliphatic hydroxyl groups excluding tert-OH is 1. The van der Waals surface area contributed by atoms with Gasteiger partial charge in [0, 0.05) is 22.8 Å². The second-order valence-corrected chi connectivity index (χ2v) is 10.5. The van der Waals surface area contributed by atoms with Gasteiger partial charge in [-0.15, -0.1) is 0 Å². The molecule has 0 aliphatic heterocycles. The summed E-state index contributed by atoms with van der Waals surface area (Å²) in [6.07, 6.45) is -7.65. The summed E-state index contributed by atoms with van der Waals surface area (Å²) in [5.41, 5.74) is 2.90. The number of rotatable bonds is 8. The Morgan fingerprint density at radius 3 is 2.12 bits per heavy atom. The van der Waals surface area contributed by atoms with Gasteiger partial charge in [-0.1, -0.05) is 92.7 Å². The maximum absolute atomic E-state index is 14.3. The number of halogens is 3. The zero-order valence-corrected chi connectivity index (χ0v) is 22.6. The minimum atomic E-state index is -4.91. The molecular formula is C32H30F3N3O3. The number of nitrogens with zero attached hydrogens (tertiary/aromatic N) is 2. The number of carbonyl (C=O) groups is 1. The van der Waals surface area contributed by atoms with Gasteiger partial charge in [0.2, 0.25) is 5.91 Å². The molecule has 2 aromatic heterocycles. The smallest absolute Gasteiger partial charge is 0.382 e. The first kappa shape index (κ1) is 28.2. The maximum atomic E-state index is 14.3. The van der Waals surface area contributed by atoms with Crippen LogP contribution in [-0.2, 0) is 17.9 Å². The Kier molecular flexibility index (Phi) is 7.73. The van der Waals surface area contributed by atoms with Crippen molar-refractivity contribution >= 4 is 27.7 Å². The molecule has 0 saturated carbocycles. The minimum absolute atomic E-state index is 0.387. The van der Waals surface area contributed by atoms with E-state index in [0.717, 1.165) is 16.5 Å². The van der Waals surface area contributed by atoms with Crippen molar-refractivity contribution < 1.29 is 23.1 Å². The lowest BCUT2D eigenvalue weighted by Crippen LogP contribution is -2.53. The van der Waals surface area contributed by atoms with E-state index in [4.69, 9.17) is 0 Å². The Bertz CT molecular complexity index is 1740. The molecule has 0 aliphatic rings. The lowest BCUT2D eigenvalue weighted by atomic mass is 9.98. The van der Waals surface area contributed by atoms with E-state index in [1.165, 1.54) is 18.4 Å². The molecule has 0 bridgehead atoms. The molecule has 2 unspecified atom stereocenters. The van der Waals surface area contributed by atoms with Crippen LogP contribution in [0.15, 0.2) is 95.8 Å². The fraction of sp³-hybridized carbons (Fsp3) is 0.250. The molecule has 5 aromatic rings. The van der Waals surface area contributed by atoms with E-state index < -0.39 is 42.3 Å². The van der Waals surface area contributed by atoms with Crippen LogP contribution >= 0.6 is 0 Å². The largest absolute Gasteiger partial charge is 0.416 e. The molecule has 2 atom stereocenters. The van der Waals surface area contributed by atoms with Crippen molar-refractivity contribution in [3.8, 4) is 11.3 Å². The van der Waals surface area contributed by atoms with Crippen molar-refractivity contribution in [2.24, 2.45) is 5.92 Å². The molecule has 0 saturated heterocycles. The molecule has 3 aromatic carbocycles. The van der Waals surface area contributed by atoms with Crippen LogP contribution in [-0.4, -0.2) is 38.5 Å². The van der Waals surface area contributed by atoms with Crippen molar-refractivity contribution in [2.45, 2.75) is 45.3 Å². The third-order valence-corrected chi connectivity index (χ3v) is 7.31. The van der Waals surface area contributed by atoms with Gasteiger partial charge in [0.15, 0.2) is 6.10 Å². The molecule has 212 valence electrons. The number of aromatic nitrogens is 2. The molecule has 0 fully saturated rings. The highest BCUT2D eigenvalue weighted by atomic mass is 19.4. The number of benzene rings is 3. The van der Waals surface area contributed by atoms with Crippen molar-refractivity contribution in [3.63, 3.8) is 0 Å². The van der Waals surface area contributed by atoms with Crippen LogP contribution < -0.4 is 10.9 Å². The summed E-state index contributed by atoms with van der Waals surface area (Å²) in [5, 5.41) is 13.8. The van der Waals surface area contributed by atoms with Crippen LogP contribution in [0, 0.1) is 5.92 Å². The van der Waals surface area contributed by atoms with Crippen LogP contribution in [0.2, 0.25) is 0 Å². The van der Waals surface area contributed by atoms with E-state index >= 15 is 0 Å². The molecule has 1 amide bonds. The van der Waals surface area contributed by atoms with Gasteiger partial charge in [-0.25, -0.2) is 0 Å². The lowest BCUT2D eigenvalue weighted by molar-refractivity contribution is -0.215. The third kappa shape index (κ3) is 5.63. The highest BCUT2D eigenvalue weighted by Crippen LogP contribution is 2.31. The van der Waals surface area contributed by atoms with Crippen molar-refractivity contribution in [2.75, 3.05) is 0 Å². The molecule has 0 spiro atoms. The first-order chi connectivity index (χ1) is 19.6. The molecule has 2 N–H and O–H groups in total. The Labute approximate surface area is 234 Å². The Morgan fingerprint density at radius 1 is 0.878 bits per heavy atom. The fourth-order valence-electron chi connectivity index (χ4n) is 5.28. The summed E-state index contributed by atoms with van der Waals surface area (Å²) in [6.45, 7) is 2.84. The highest BCUT2D eigenvalue weighted by molar-refractivity contribution is 6.09. The Hall–Kier alpha value is -4.37. The second-order valence-electron chi connectivity index (χ2n) is 10.5. The molecule has 2 heterocycles. The number of aliphatic hydroxyl groups is 1. The van der Waals surface area contributed by atoms with Gasteiger partial charge < -0.3 is 15.0 Å². The van der Waals surface area contributed by atoms with E-state index in [-0.39, 0.29) is 0 Å². The topological polar surface area (TPSA) is 76.3 Å². The third-order valence-electron chi connectivity index (χ3n) is 7.31. The van der Waals surface area contributed by atoms with Crippen LogP contribution in [0.1, 0.15) is 19.4 Å². The molecule has 0 radical (unpaired) electrons. The zero-order chi connectivity index (χ0) is 29.3. The number of alkyl halides is 3. The first-order valence-corrected chi connectivity index (χ1v) is 13.3. The number of nitrogens with one attached hydrogen (secondary N) is 1. The van der Waals surface area contributed by atoms with Gasteiger partial charge in [0.25, 0.3) is 5.56 Å². The van der Waals surface area contributed by atoms with Gasteiger partial charge in [0.05, 0.1) is 11.7 Å². The van der Waals surface area contributed by atoms with Crippen molar-refractivity contribution in [3.05, 3.63) is 107 Å². The van der Waals surface area contributed by atoms with Gasteiger partial charge in [0.1, 0.15) is 12.1 Å². The fourth-order valence-corrected chi connectivity index (χ4v) is 5.28. The number of pyridine rings is 1. The molecule has 6 nitrogen and oxygen atoms in total. The van der Waals surface area contributed by atoms with E-state index in [1.54, 1.807) is 0 Å². The standard InChI is InChI=1S/C32H30F3N3O3/c1-20(2)28(30(40)32(33,34)35)36-27(39)19-38-26(22-13-7-4-8-14-22)17-24-23-15-9-10-16-25(23)37(29(24)31(38)41)18-21-11-5-3-6-12-21/h3-17,20,28,30,40H,18-19H2,1-2H3,(H,36,39). The van der Waals surface area contributed by atoms with Crippen LogP contribution in [0.5, 0.6) is 0 Å². The molecule has 9 heteroatoms. The van der Waals surface area contributed by atoms with Crippen molar-refractivity contribution in [1.82, 2.24) is 14.5 Å². The quantitative estimate of drug-likeness (QED) is 0.254. The highest BCUT2D eigenvalue weighted by Gasteiger charge is 2.45. The average molecular weight is 562 g/mol. The van der Waals surface area contributed by atoms with Gasteiger partial charge in [-0.3, -0.25) is 14.2 Å². The van der Waals surface area contributed by atoms with Gasteiger partial charge in [-0.2, -0.15) is 13.2 Å². The maximum Gasteiger partial charge on any atom is 0.416 e. The minimum Gasteiger partial charge on any atom is -0.382 e. The number of fused-ring (bicyclic) bond motifs is 3. The molecule has 41 heavy (non-hydrogen) atoms. The summed E-state index contributed by atoms with van der Waals surface area (Å²) in [5.74, 6) is -1.52. The first-order valence-electron chi connectivity index (χ1n) is 13.3. The Balaban J connectivity index is 1.68. The van der Waals surface area contributed by atoms with E-state index in [9.17, 15) is 27.9 Å². The number of para-hydroxylation sites is 1. The van der Waals surface area contributed by atoms with E-state index in [2.05, 4.69) is 5.32 Å². The summed E-state index contributed by atoms with van der Waals surface area (Å²) < 4.78 is 43.2. The van der Waals surface area contributed by atoms with E-state index in [1.807, 2.05) is 95.6 Å². The van der Waals surface area contributed by atoms with Crippen LogP contribution in [0.4, 0.5) is 13.2 Å². The number of amides is 1. The monoisotopic (exact) mass is 561 g/mol. The number of carbonyl (C=O) groups excluding carboxylic acids is 1. The predicted molar refractivity (Wildman–Crippen MR) is 154 cm³/mol. The van der Waals surface area contributed by atoms with Gasteiger partial charge in [-0.05, 0) is 29.2 Å². The van der Waals surface area contributed by atoms with Crippen molar-refractivity contribution in [1.29, 1.82) is 0 Å². The number of hydrogen-bond donors (Lipinski definition) is 2. The Morgan fingerprint density at radius 2 is 1.49 bits per heavy atom. The lowest BCUT2D eigenvalue weighted by Gasteiger charge is -2.29. The van der Waals surface area contributed by atoms with Gasteiger partial charge >= 0.3 is 6.18 Å². The normalized spacial score (nSPS) is 13.5. The van der Waals surface area contributed by atoms with E-state index in [0.29, 0.717) is 28.7 Å². The second kappa shape index (κ2) is 11.2. The van der Waals surface area contributed by atoms with Crippen LogP contribution in [0.3, 0.4) is 0 Å². The molecule has 0 aliphatic carbocycles. The SMILES string of the molecule is CC(C)C(NC(=O)Cn1c(-c2ccccc2)cc2c3ccccc3n(Cc3ccccc3)c2c1=O)C(O)C(F)(F)F. The molecular weight excluding hydrogens is 531 g/mol. The average Bonchev–Trinajstić information content (AvgIpc) is 3.26. The number of hydrogen-bond acceptors (Lipinski definition) is 3. The zero-order valence-electron chi connectivity index (χ0n) is 22.6. The van der Waals surface area contributed by atoms with Crippen LogP contribution in [0.25, 0.3) is 33.1 Å². The molecule has 5 rings (SSSR count).